The number of non-ortho nitro benzene ring substituents is 1. The molecule has 0 saturated carbocycles. The van der Waals surface area contributed by atoms with Crippen LogP contribution in [0.2, 0.25) is 0 Å². The first-order valence-electron chi connectivity index (χ1n) is 11.2. The zero-order chi connectivity index (χ0) is 26.5. The lowest BCUT2D eigenvalue weighted by atomic mass is 10.0. The first-order chi connectivity index (χ1) is 17.8. The van der Waals surface area contributed by atoms with Gasteiger partial charge < -0.3 is 14.2 Å². The minimum absolute atomic E-state index is 0.0191. The van der Waals surface area contributed by atoms with Gasteiger partial charge in [-0.3, -0.25) is 29.6 Å². The number of fused-ring (bicyclic) bond motifs is 1. The van der Waals surface area contributed by atoms with Crippen molar-refractivity contribution in [2.75, 3.05) is 19.5 Å². The van der Waals surface area contributed by atoms with E-state index in [4.69, 9.17) is 14.2 Å². The SMILES string of the molecule is COc1ccc(COC(=O)C2=C(COC(C)=O)CS[C@@H]3[C@@H](N=Cc4ccc([N+](=O)[O-])cc4)C(=O)N23)cc1. The van der Waals surface area contributed by atoms with Crippen LogP contribution < -0.4 is 4.74 Å². The molecule has 0 aliphatic carbocycles. The number of hydrogen-bond acceptors (Lipinski definition) is 10. The number of benzene rings is 2. The van der Waals surface area contributed by atoms with Crippen LogP contribution in [0.1, 0.15) is 18.1 Å². The number of aliphatic imine (C=N–C) groups is 1. The Morgan fingerprint density at radius 2 is 1.84 bits per heavy atom. The molecule has 0 unspecified atom stereocenters. The van der Waals surface area contributed by atoms with E-state index in [0.29, 0.717) is 22.6 Å². The predicted octanol–water partition coefficient (Wildman–Crippen LogP) is 2.87. The van der Waals surface area contributed by atoms with Crippen LogP contribution in [0.4, 0.5) is 5.69 Å². The van der Waals surface area contributed by atoms with Gasteiger partial charge in [-0.1, -0.05) is 12.1 Å². The Morgan fingerprint density at radius 3 is 2.46 bits per heavy atom. The molecule has 1 fully saturated rings. The van der Waals surface area contributed by atoms with Gasteiger partial charge in [0.1, 0.15) is 30.0 Å². The van der Waals surface area contributed by atoms with E-state index in [-0.39, 0.29) is 24.6 Å². The molecule has 37 heavy (non-hydrogen) atoms. The summed E-state index contributed by atoms with van der Waals surface area (Å²) in [5, 5.41) is 10.4. The van der Waals surface area contributed by atoms with E-state index in [1.54, 1.807) is 31.4 Å². The summed E-state index contributed by atoms with van der Waals surface area (Å²) in [6, 6.07) is 12.1. The number of nitrogens with zero attached hydrogens (tertiary/aromatic N) is 3. The quantitative estimate of drug-likeness (QED) is 0.159. The fraction of sp³-hybridized carbons (Fsp3) is 0.280. The Hall–Kier alpha value is -4.19. The Labute approximate surface area is 216 Å². The molecular formula is C25H23N3O8S. The minimum atomic E-state index is -0.736. The summed E-state index contributed by atoms with van der Waals surface area (Å²) in [4.78, 5) is 53.6. The molecule has 1 amide bonds. The van der Waals surface area contributed by atoms with Crippen LogP contribution in [-0.2, 0) is 30.5 Å². The van der Waals surface area contributed by atoms with Gasteiger partial charge in [-0.05, 0) is 35.4 Å². The number of amides is 1. The monoisotopic (exact) mass is 525 g/mol. The lowest BCUT2D eigenvalue weighted by Crippen LogP contribution is -2.64. The number of ether oxygens (including phenoxy) is 3. The smallest absolute Gasteiger partial charge is 0.355 e. The van der Waals surface area contributed by atoms with Crippen molar-refractivity contribution in [3.05, 3.63) is 81.0 Å². The molecule has 0 N–H and O–H groups in total. The highest BCUT2D eigenvalue weighted by molar-refractivity contribution is 8.00. The molecular weight excluding hydrogens is 502 g/mol. The number of esters is 2. The molecule has 12 heteroatoms. The second-order valence-electron chi connectivity index (χ2n) is 8.14. The molecule has 2 aliphatic rings. The molecule has 2 aliphatic heterocycles. The van der Waals surface area contributed by atoms with Gasteiger partial charge in [0.2, 0.25) is 0 Å². The highest BCUT2D eigenvalue weighted by Gasteiger charge is 2.53. The molecule has 2 aromatic rings. The summed E-state index contributed by atoms with van der Waals surface area (Å²) in [5.41, 5.74) is 1.82. The van der Waals surface area contributed by atoms with E-state index in [2.05, 4.69) is 4.99 Å². The summed E-state index contributed by atoms with van der Waals surface area (Å²) < 4.78 is 15.7. The van der Waals surface area contributed by atoms with E-state index >= 15 is 0 Å². The summed E-state index contributed by atoms with van der Waals surface area (Å²) in [6.45, 7) is 1.11. The number of carbonyl (C=O) groups is 3. The summed E-state index contributed by atoms with van der Waals surface area (Å²) in [7, 11) is 1.55. The van der Waals surface area contributed by atoms with Crippen LogP contribution in [0.3, 0.4) is 0 Å². The molecule has 4 rings (SSSR count). The average Bonchev–Trinajstić information content (AvgIpc) is 2.90. The second-order valence-corrected chi connectivity index (χ2v) is 9.24. The predicted molar refractivity (Wildman–Crippen MR) is 134 cm³/mol. The summed E-state index contributed by atoms with van der Waals surface area (Å²) in [5.74, 6) is -0.592. The van der Waals surface area contributed by atoms with E-state index < -0.39 is 34.2 Å². The highest BCUT2D eigenvalue weighted by Crippen LogP contribution is 2.42. The van der Waals surface area contributed by atoms with Gasteiger partial charge in [0.25, 0.3) is 11.6 Å². The fourth-order valence-corrected chi connectivity index (χ4v) is 5.06. The molecule has 0 radical (unpaired) electrons. The molecule has 0 spiro atoms. The number of nitro groups is 1. The molecule has 11 nitrogen and oxygen atoms in total. The third-order valence-electron chi connectivity index (χ3n) is 5.68. The number of nitro benzene ring substituents is 1. The second kappa shape index (κ2) is 11.2. The van der Waals surface area contributed by atoms with Gasteiger partial charge in [-0.15, -0.1) is 11.8 Å². The van der Waals surface area contributed by atoms with Crippen molar-refractivity contribution in [2.45, 2.75) is 24.9 Å². The molecule has 0 aromatic heterocycles. The van der Waals surface area contributed by atoms with Crippen LogP contribution in [0, 0.1) is 10.1 Å². The molecule has 0 bridgehead atoms. The number of thioether (sulfide) groups is 1. The lowest BCUT2D eigenvalue weighted by Gasteiger charge is -2.48. The first kappa shape index (κ1) is 25.9. The van der Waals surface area contributed by atoms with Crippen LogP contribution >= 0.6 is 11.8 Å². The van der Waals surface area contributed by atoms with Gasteiger partial charge in [-0.25, -0.2) is 4.79 Å². The largest absolute Gasteiger partial charge is 0.497 e. The average molecular weight is 526 g/mol. The van der Waals surface area contributed by atoms with Crippen molar-refractivity contribution >= 4 is 41.5 Å². The van der Waals surface area contributed by atoms with Gasteiger partial charge in [0.05, 0.1) is 12.0 Å². The maximum absolute atomic E-state index is 13.1. The number of carbonyl (C=O) groups excluding carboxylic acids is 3. The molecule has 1 saturated heterocycles. The fourth-order valence-electron chi connectivity index (χ4n) is 3.74. The van der Waals surface area contributed by atoms with Crippen LogP contribution in [0.25, 0.3) is 0 Å². The maximum Gasteiger partial charge on any atom is 0.355 e. The van der Waals surface area contributed by atoms with E-state index in [0.717, 1.165) is 5.56 Å². The van der Waals surface area contributed by atoms with Gasteiger partial charge in [0, 0.05) is 36.6 Å². The van der Waals surface area contributed by atoms with Crippen LogP contribution in [0.15, 0.2) is 64.8 Å². The highest BCUT2D eigenvalue weighted by atomic mass is 32.2. The van der Waals surface area contributed by atoms with E-state index in [1.165, 1.54) is 54.1 Å². The van der Waals surface area contributed by atoms with E-state index in [9.17, 15) is 24.5 Å². The molecule has 2 heterocycles. The van der Waals surface area contributed by atoms with Gasteiger partial charge in [-0.2, -0.15) is 0 Å². The zero-order valence-electron chi connectivity index (χ0n) is 20.0. The molecule has 192 valence electrons. The maximum atomic E-state index is 13.1. The van der Waals surface area contributed by atoms with Gasteiger partial charge in [0.15, 0.2) is 6.04 Å². The first-order valence-corrected chi connectivity index (χ1v) is 12.2. The van der Waals surface area contributed by atoms with Crippen molar-refractivity contribution in [3.8, 4) is 5.75 Å². The Morgan fingerprint density at radius 1 is 1.14 bits per heavy atom. The third kappa shape index (κ3) is 5.80. The van der Waals surface area contributed by atoms with Crippen LogP contribution in [0.5, 0.6) is 5.75 Å². The van der Waals surface area contributed by atoms with Gasteiger partial charge >= 0.3 is 11.9 Å². The molecule has 2 aromatic carbocycles. The third-order valence-corrected chi connectivity index (χ3v) is 7.00. The zero-order valence-corrected chi connectivity index (χ0v) is 20.8. The van der Waals surface area contributed by atoms with Crippen molar-refractivity contribution in [1.29, 1.82) is 0 Å². The standard InChI is InChI=1S/C25H23N3O8S/c1-15(29)35-13-18-14-37-24-21(26-11-16-3-7-19(8-4-16)28(32)33)23(30)27(24)22(18)25(31)36-12-17-5-9-20(34-2)10-6-17/h3-11,21,24H,12-14H2,1-2H3/t21-,24+/m0/s1. The van der Waals surface area contributed by atoms with Crippen molar-refractivity contribution in [1.82, 2.24) is 4.90 Å². The summed E-state index contributed by atoms with van der Waals surface area (Å²) >= 11 is 1.40. The number of rotatable bonds is 9. The number of hydrogen-bond donors (Lipinski definition) is 0. The minimum Gasteiger partial charge on any atom is -0.497 e. The Bertz CT molecular complexity index is 1270. The topological polar surface area (TPSA) is 138 Å². The van der Waals surface area contributed by atoms with Crippen LogP contribution in [-0.4, -0.2) is 64.8 Å². The van der Waals surface area contributed by atoms with Crippen molar-refractivity contribution in [3.63, 3.8) is 0 Å². The Balaban J connectivity index is 1.49. The number of methoxy groups -OCH3 is 1. The summed E-state index contributed by atoms with van der Waals surface area (Å²) in [6.07, 6.45) is 1.48. The lowest BCUT2D eigenvalue weighted by molar-refractivity contribution is -0.384. The Kier molecular flexibility index (Phi) is 7.87. The van der Waals surface area contributed by atoms with E-state index in [1.807, 2.05) is 0 Å². The molecule has 2 atom stereocenters. The van der Waals surface area contributed by atoms with Crippen molar-refractivity contribution in [2.24, 2.45) is 4.99 Å². The number of β-lactam (4-membered cyclic amide) rings is 1. The normalized spacial score (nSPS) is 18.8. The van der Waals surface area contributed by atoms with Crippen molar-refractivity contribution < 1.29 is 33.5 Å².